The molecule has 11 heteroatoms. The summed E-state index contributed by atoms with van der Waals surface area (Å²) in [6, 6.07) is 18.5. The van der Waals surface area contributed by atoms with Crippen LogP contribution >= 0.6 is 0 Å². The fourth-order valence-corrected chi connectivity index (χ4v) is 6.33. The number of para-hydroxylation sites is 1. The first-order valence-electron chi connectivity index (χ1n) is 15.0. The fourth-order valence-electron chi connectivity index (χ4n) is 6.33. The zero-order valence-corrected chi connectivity index (χ0v) is 25.0. The topological polar surface area (TPSA) is 135 Å². The highest BCUT2D eigenvalue weighted by Gasteiger charge is 2.35. The second kappa shape index (κ2) is 12.0. The number of fused-ring (bicyclic) bond motifs is 1. The van der Waals surface area contributed by atoms with E-state index in [1.807, 2.05) is 44.2 Å². The number of carbonyl (C=O) groups excluding carboxylic acids is 1. The minimum absolute atomic E-state index is 0.132. The van der Waals surface area contributed by atoms with Crippen molar-refractivity contribution in [2.24, 2.45) is 0 Å². The summed E-state index contributed by atoms with van der Waals surface area (Å²) in [6.07, 6.45) is 6.84. The fraction of sp³-hybridized carbons (Fsp3) is 0.364. The van der Waals surface area contributed by atoms with Crippen molar-refractivity contribution >= 4 is 22.9 Å². The molecule has 2 aromatic heterocycles. The number of benzene rings is 2. The maximum Gasteiger partial charge on any atom is 0.335 e. The van der Waals surface area contributed by atoms with Gasteiger partial charge in [0.15, 0.2) is 11.5 Å². The largest absolute Gasteiger partial charge is 0.457 e. The van der Waals surface area contributed by atoms with Crippen LogP contribution in [0, 0.1) is 11.3 Å². The number of anilines is 1. The Morgan fingerprint density at radius 1 is 1.05 bits per heavy atom. The maximum absolute atomic E-state index is 14.0. The van der Waals surface area contributed by atoms with Gasteiger partial charge >= 0.3 is 5.69 Å². The first-order chi connectivity index (χ1) is 21.3. The Morgan fingerprint density at radius 2 is 1.75 bits per heavy atom. The number of rotatable bonds is 8. The van der Waals surface area contributed by atoms with Gasteiger partial charge in [0.1, 0.15) is 35.0 Å². The Balaban J connectivity index is 1.30. The normalized spacial score (nSPS) is 17.7. The number of carbonyl (C=O) groups is 1. The average molecular weight is 593 g/mol. The Hall–Kier alpha value is -4.95. The van der Waals surface area contributed by atoms with E-state index in [2.05, 4.69) is 20.9 Å². The second-order valence-electron chi connectivity index (χ2n) is 11.9. The molecule has 6 rings (SSSR count). The maximum atomic E-state index is 14.0. The van der Waals surface area contributed by atoms with Crippen LogP contribution in [0.4, 0.5) is 5.82 Å². The van der Waals surface area contributed by atoms with Gasteiger partial charge in [-0.1, -0.05) is 18.2 Å². The number of hydrogen-bond acceptors (Lipinski definition) is 8. The molecule has 11 nitrogen and oxygen atoms in total. The molecule has 4 heterocycles. The number of likely N-dealkylation sites (tertiary alicyclic amines) is 2. The molecule has 2 N–H and O–H groups in total. The highest BCUT2D eigenvalue weighted by atomic mass is 16.5. The van der Waals surface area contributed by atoms with E-state index in [1.165, 1.54) is 10.9 Å². The summed E-state index contributed by atoms with van der Waals surface area (Å²) in [5.41, 5.74) is 7.05. The van der Waals surface area contributed by atoms with Gasteiger partial charge in [-0.25, -0.2) is 14.8 Å². The molecule has 2 fully saturated rings. The van der Waals surface area contributed by atoms with Crippen molar-refractivity contribution in [2.45, 2.75) is 57.7 Å². The number of aromatic nitrogens is 4. The molecule has 0 aliphatic carbocycles. The zero-order valence-electron chi connectivity index (χ0n) is 25.0. The number of nitrogen functional groups attached to an aromatic ring is 1. The quantitative estimate of drug-likeness (QED) is 0.237. The molecule has 0 bridgehead atoms. The summed E-state index contributed by atoms with van der Waals surface area (Å²) in [5.74, 6) is 1.20. The van der Waals surface area contributed by atoms with Crippen molar-refractivity contribution in [3.63, 3.8) is 0 Å². The smallest absolute Gasteiger partial charge is 0.335 e. The molecule has 2 aromatic carbocycles. The van der Waals surface area contributed by atoms with E-state index in [0.29, 0.717) is 41.3 Å². The van der Waals surface area contributed by atoms with Gasteiger partial charge in [-0.2, -0.15) is 5.26 Å². The van der Waals surface area contributed by atoms with Crippen molar-refractivity contribution in [3.05, 3.63) is 83.1 Å². The highest BCUT2D eigenvalue weighted by Crippen LogP contribution is 2.28. The average Bonchev–Trinajstić information content (AvgIpc) is 3.79. The second-order valence-corrected chi connectivity index (χ2v) is 11.9. The number of nitriles is 1. The van der Waals surface area contributed by atoms with Gasteiger partial charge in [0.2, 0.25) is 0 Å². The lowest BCUT2D eigenvalue weighted by molar-refractivity contribution is -0.127. The molecule has 1 amide bonds. The Bertz CT molecular complexity index is 1800. The first-order valence-corrected chi connectivity index (χ1v) is 15.0. The lowest BCUT2D eigenvalue weighted by Gasteiger charge is -2.33. The lowest BCUT2D eigenvalue weighted by Crippen LogP contribution is -2.43. The summed E-state index contributed by atoms with van der Waals surface area (Å²) in [5, 5.41) is 10.0. The van der Waals surface area contributed by atoms with E-state index in [9.17, 15) is 14.9 Å². The Labute approximate surface area is 255 Å². The molecule has 1 atom stereocenters. The first kappa shape index (κ1) is 29.1. The predicted octanol–water partition coefficient (Wildman–Crippen LogP) is 4.27. The van der Waals surface area contributed by atoms with E-state index in [-0.39, 0.29) is 35.6 Å². The van der Waals surface area contributed by atoms with Gasteiger partial charge in [0.05, 0.1) is 11.7 Å². The molecule has 226 valence electrons. The summed E-state index contributed by atoms with van der Waals surface area (Å²) in [4.78, 5) is 40.3. The number of nitrogens with zero attached hydrogens (tertiary/aromatic N) is 7. The van der Waals surface area contributed by atoms with Gasteiger partial charge in [-0.3, -0.25) is 18.8 Å². The van der Waals surface area contributed by atoms with Crippen LogP contribution in [0.25, 0.3) is 16.9 Å². The van der Waals surface area contributed by atoms with Crippen LogP contribution in [-0.4, -0.2) is 66.0 Å². The molecular weight excluding hydrogens is 556 g/mol. The van der Waals surface area contributed by atoms with Gasteiger partial charge in [0, 0.05) is 18.6 Å². The number of hydrogen-bond donors (Lipinski definition) is 1. The number of imidazole rings is 1. The van der Waals surface area contributed by atoms with Crippen LogP contribution in [0.2, 0.25) is 0 Å². The van der Waals surface area contributed by atoms with Crippen molar-refractivity contribution in [1.82, 2.24) is 28.9 Å². The number of nitrogens with two attached hydrogens (primary N) is 1. The van der Waals surface area contributed by atoms with Crippen molar-refractivity contribution < 1.29 is 9.53 Å². The molecule has 4 aromatic rings. The molecule has 0 spiro atoms. The number of ether oxygens (including phenoxy) is 1. The van der Waals surface area contributed by atoms with Gasteiger partial charge in [0.25, 0.3) is 5.91 Å². The van der Waals surface area contributed by atoms with Crippen LogP contribution < -0.4 is 16.2 Å². The molecule has 0 saturated carbocycles. The predicted molar refractivity (Wildman–Crippen MR) is 167 cm³/mol. The highest BCUT2D eigenvalue weighted by molar-refractivity contribution is 5.97. The van der Waals surface area contributed by atoms with Crippen molar-refractivity contribution in [2.75, 3.05) is 25.4 Å². The third-order valence-electron chi connectivity index (χ3n) is 8.61. The van der Waals surface area contributed by atoms with Crippen molar-refractivity contribution in [1.29, 1.82) is 5.26 Å². The van der Waals surface area contributed by atoms with E-state index in [1.54, 1.807) is 39.8 Å². The molecule has 0 unspecified atom stereocenters. The van der Waals surface area contributed by atoms with Gasteiger partial charge < -0.3 is 15.4 Å². The monoisotopic (exact) mass is 592 g/mol. The zero-order chi connectivity index (χ0) is 30.8. The molecule has 2 aliphatic rings. The minimum atomic E-state index is -0.410. The van der Waals surface area contributed by atoms with Crippen LogP contribution in [0.3, 0.4) is 0 Å². The lowest BCUT2D eigenvalue weighted by atomic mass is 9.98. The van der Waals surface area contributed by atoms with E-state index in [4.69, 9.17) is 10.5 Å². The summed E-state index contributed by atoms with van der Waals surface area (Å²) in [7, 11) is 0. The Kier molecular flexibility index (Phi) is 7.93. The third-order valence-corrected chi connectivity index (χ3v) is 8.61. The van der Waals surface area contributed by atoms with E-state index < -0.39 is 5.54 Å². The minimum Gasteiger partial charge on any atom is -0.457 e. The molecule has 2 aliphatic heterocycles. The SMILES string of the molecule is CC(C)(/C=C(/C#N)C(=O)N1CCC[C@H]1Cn1c(=O)n(-c2ccc(Oc3ccccc3)cc2)c2c(N)ncnc21)N1CCCC1. The van der Waals surface area contributed by atoms with Crippen LogP contribution in [0.1, 0.15) is 39.5 Å². The van der Waals surface area contributed by atoms with Gasteiger partial charge in [-0.05, 0) is 95.1 Å². The van der Waals surface area contributed by atoms with Gasteiger partial charge in [-0.15, -0.1) is 0 Å². The van der Waals surface area contributed by atoms with Crippen LogP contribution in [0.5, 0.6) is 11.5 Å². The molecule has 0 radical (unpaired) electrons. The third kappa shape index (κ3) is 5.56. The molecule has 44 heavy (non-hydrogen) atoms. The van der Waals surface area contributed by atoms with E-state index >= 15 is 0 Å². The van der Waals surface area contributed by atoms with Crippen molar-refractivity contribution in [3.8, 4) is 23.3 Å². The Morgan fingerprint density at radius 3 is 2.45 bits per heavy atom. The van der Waals surface area contributed by atoms with Crippen LogP contribution in [-0.2, 0) is 11.3 Å². The standard InChI is InChI=1S/C33H36N8O3/c1-33(2,38-16-6-7-17-38)19-23(20-34)31(42)39-18-8-9-25(39)21-40-30-28(29(35)36-22-37-30)41(32(40)43)24-12-14-27(15-13-24)44-26-10-4-3-5-11-26/h3-5,10-15,19,22,25H,6-9,16-18,21H2,1-2H3,(H2,35,36,37)/b23-19-/t25-/m0/s1. The summed E-state index contributed by atoms with van der Waals surface area (Å²) < 4.78 is 8.97. The van der Waals surface area contributed by atoms with E-state index in [0.717, 1.165) is 32.4 Å². The molecule has 2 saturated heterocycles. The summed E-state index contributed by atoms with van der Waals surface area (Å²) >= 11 is 0. The molecular formula is C33H36N8O3. The van der Waals surface area contributed by atoms with Crippen LogP contribution in [0.15, 0.2) is 77.4 Å². The number of amides is 1. The summed E-state index contributed by atoms with van der Waals surface area (Å²) in [6.45, 7) is 6.72.